The third kappa shape index (κ3) is 4.21. The van der Waals surface area contributed by atoms with Crippen molar-refractivity contribution in [2.45, 2.75) is 19.0 Å². The van der Waals surface area contributed by atoms with Crippen LogP contribution in [0, 0.1) is 0 Å². The molecule has 0 saturated heterocycles. The molecule has 2 rings (SSSR count). The van der Waals surface area contributed by atoms with Crippen LogP contribution in [-0.2, 0) is 17.4 Å². The number of rotatable bonds is 4. The molecule has 0 saturated carbocycles. The van der Waals surface area contributed by atoms with Gasteiger partial charge in [0.15, 0.2) is 0 Å². The normalized spacial score (nSPS) is 11.2. The lowest BCUT2D eigenvalue weighted by molar-refractivity contribution is -0.137. The zero-order valence-electron chi connectivity index (χ0n) is 11.4. The van der Waals surface area contributed by atoms with Crippen molar-refractivity contribution in [3.8, 4) is 5.75 Å². The number of benzene rings is 1. The van der Waals surface area contributed by atoms with Crippen molar-refractivity contribution in [1.82, 2.24) is 4.98 Å². The smallest absolute Gasteiger partial charge is 0.416 e. The van der Waals surface area contributed by atoms with Gasteiger partial charge in [0.1, 0.15) is 5.75 Å². The van der Waals surface area contributed by atoms with E-state index in [9.17, 15) is 23.1 Å². The first-order valence-corrected chi connectivity index (χ1v) is 6.45. The summed E-state index contributed by atoms with van der Waals surface area (Å²) in [4.78, 5) is 15.6. The average Bonchev–Trinajstić information content (AvgIpc) is 2.47. The van der Waals surface area contributed by atoms with Crippen molar-refractivity contribution in [3.05, 3.63) is 53.9 Å². The summed E-state index contributed by atoms with van der Waals surface area (Å²) in [6.45, 7) is 0. The van der Waals surface area contributed by atoms with Crippen molar-refractivity contribution < 1.29 is 23.1 Å². The van der Waals surface area contributed by atoms with Crippen molar-refractivity contribution in [3.63, 3.8) is 0 Å². The number of nitrogens with zero attached hydrogens (tertiary/aromatic N) is 1. The van der Waals surface area contributed by atoms with Gasteiger partial charge in [0.2, 0.25) is 5.91 Å². The van der Waals surface area contributed by atoms with Gasteiger partial charge in [0, 0.05) is 18.8 Å². The van der Waals surface area contributed by atoms with E-state index in [0.29, 0.717) is 12.5 Å². The number of carbonyl (C=O) groups is 1. The Morgan fingerprint density at radius 2 is 1.86 bits per heavy atom. The lowest BCUT2D eigenvalue weighted by atomic mass is 10.1. The fourth-order valence-corrected chi connectivity index (χ4v) is 1.83. The van der Waals surface area contributed by atoms with Crippen LogP contribution in [0.15, 0.2) is 42.7 Å². The van der Waals surface area contributed by atoms with E-state index in [1.54, 1.807) is 24.5 Å². The second-order valence-electron chi connectivity index (χ2n) is 4.63. The molecule has 0 bridgehead atoms. The topological polar surface area (TPSA) is 62.2 Å². The fraction of sp³-hybridized carbons (Fsp3) is 0.200. The van der Waals surface area contributed by atoms with E-state index in [-0.39, 0.29) is 12.1 Å². The molecule has 22 heavy (non-hydrogen) atoms. The van der Waals surface area contributed by atoms with Gasteiger partial charge in [-0.25, -0.2) is 0 Å². The summed E-state index contributed by atoms with van der Waals surface area (Å²) in [6, 6.07) is 5.85. The Hall–Kier alpha value is -2.57. The summed E-state index contributed by atoms with van der Waals surface area (Å²) >= 11 is 0. The van der Waals surface area contributed by atoms with E-state index in [0.717, 1.165) is 17.7 Å². The van der Waals surface area contributed by atoms with E-state index in [4.69, 9.17) is 0 Å². The van der Waals surface area contributed by atoms with Gasteiger partial charge < -0.3 is 10.4 Å². The maximum absolute atomic E-state index is 12.6. The van der Waals surface area contributed by atoms with Crippen LogP contribution in [0.1, 0.15) is 17.5 Å². The second-order valence-corrected chi connectivity index (χ2v) is 4.63. The van der Waals surface area contributed by atoms with Gasteiger partial charge in [-0.2, -0.15) is 13.2 Å². The summed E-state index contributed by atoms with van der Waals surface area (Å²) in [5.41, 5.74) is -0.303. The van der Waals surface area contributed by atoms with Crippen molar-refractivity contribution >= 4 is 11.6 Å². The maximum atomic E-state index is 12.6. The monoisotopic (exact) mass is 310 g/mol. The number of hydrogen-bond donors (Lipinski definition) is 2. The third-order valence-electron chi connectivity index (χ3n) is 2.99. The number of alkyl halides is 3. The van der Waals surface area contributed by atoms with E-state index in [2.05, 4.69) is 10.3 Å². The van der Waals surface area contributed by atoms with Crippen LogP contribution in [0.2, 0.25) is 0 Å². The Bertz CT molecular complexity index is 658. The highest BCUT2D eigenvalue weighted by molar-refractivity contribution is 5.92. The molecule has 0 aliphatic rings. The van der Waals surface area contributed by atoms with Gasteiger partial charge in [0.05, 0.1) is 11.3 Å². The SMILES string of the molecule is O=C(CCc1ccncc1)Nc1cc(C(F)(F)F)ccc1O. The number of aromatic hydroxyl groups is 1. The lowest BCUT2D eigenvalue weighted by Crippen LogP contribution is -2.13. The van der Waals surface area contributed by atoms with Crippen LogP contribution in [0.3, 0.4) is 0 Å². The zero-order valence-corrected chi connectivity index (χ0v) is 11.4. The molecule has 1 aromatic carbocycles. The maximum Gasteiger partial charge on any atom is 0.416 e. The number of aryl methyl sites for hydroxylation is 1. The number of nitrogens with one attached hydrogen (secondary N) is 1. The first-order chi connectivity index (χ1) is 10.4. The number of halogens is 3. The van der Waals surface area contributed by atoms with Gasteiger partial charge in [-0.05, 0) is 42.3 Å². The third-order valence-corrected chi connectivity index (χ3v) is 2.99. The van der Waals surface area contributed by atoms with Crippen LogP contribution < -0.4 is 5.32 Å². The molecule has 7 heteroatoms. The molecule has 1 aromatic heterocycles. The summed E-state index contributed by atoms with van der Waals surface area (Å²) in [5.74, 6) is -0.892. The summed E-state index contributed by atoms with van der Waals surface area (Å²) in [5, 5.41) is 11.8. The Kier molecular flexibility index (Phi) is 4.65. The number of pyridine rings is 1. The second kappa shape index (κ2) is 6.46. The van der Waals surface area contributed by atoms with Crippen LogP contribution >= 0.6 is 0 Å². The largest absolute Gasteiger partial charge is 0.506 e. The predicted octanol–water partition coefficient (Wildman–Crippen LogP) is 3.38. The summed E-state index contributed by atoms with van der Waals surface area (Å²) in [7, 11) is 0. The zero-order chi connectivity index (χ0) is 16.2. The van der Waals surface area contributed by atoms with Crippen LogP contribution in [0.25, 0.3) is 0 Å². The first kappa shape index (κ1) is 15.8. The molecule has 2 aromatic rings. The molecular weight excluding hydrogens is 297 g/mol. The minimum atomic E-state index is -4.54. The van der Waals surface area contributed by atoms with Crippen molar-refractivity contribution in [1.29, 1.82) is 0 Å². The molecule has 0 radical (unpaired) electrons. The number of carbonyl (C=O) groups excluding carboxylic acids is 1. The summed E-state index contributed by atoms with van der Waals surface area (Å²) in [6.07, 6.45) is -0.851. The van der Waals surface area contributed by atoms with Gasteiger partial charge in [0.25, 0.3) is 0 Å². The average molecular weight is 310 g/mol. The number of phenolic OH excluding ortho intramolecular Hbond substituents is 1. The quantitative estimate of drug-likeness (QED) is 0.851. The molecule has 0 aliphatic heterocycles. The Labute approximate surface area is 124 Å². The van der Waals surface area contributed by atoms with Gasteiger partial charge >= 0.3 is 6.18 Å². The van der Waals surface area contributed by atoms with Crippen molar-refractivity contribution in [2.75, 3.05) is 5.32 Å². The number of aromatic nitrogens is 1. The molecule has 0 aliphatic carbocycles. The van der Waals surface area contributed by atoms with E-state index in [1.165, 1.54) is 0 Å². The molecule has 0 spiro atoms. The van der Waals surface area contributed by atoms with E-state index < -0.39 is 23.4 Å². The number of amides is 1. The minimum Gasteiger partial charge on any atom is -0.506 e. The highest BCUT2D eigenvalue weighted by atomic mass is 19.4. The van der Waals surface area contributed by atoms with E-state index in [1.807, 2.05) is 0 Å². The van der Waals surface area contributed by atoms with Gasteiger partial charge in [-0.15, -0.1) is 0 Å². The van der Waals surface area contributed by atoms with Crippen LogP contribution in [-0.4, -0.2) is 16.0 Å². The van der Waals surface area contributed by atoms with Crippen molar-refractivity contribution in [2.24, 2.45) is 0 Å². The highest BCUT2D eigenvalue weighted by Gasteiger charge is 2.31. The molecule has 0 fully saturated rings. The first-order valence-electron chi connectivity index (χ1n) is 6.45. The molecule has 1 amide bonds. The Balaban J connectivity index is 2.02. The molecule has 116 valence electrons. The van der Waals surface area contributed by atoms with Gasteiger partial charge in [-0.3, -0.25) is 9.78 Å². The minimum absolute atomic E-state index is 0.0830. The molecule has 0 atom stereocenters. The number of phenols is 1. The standard InChI is InChI=1S/C15H13F3N2O2/c16-15(17,18)11-2-3-13(21)12(9-11)20-14(22)4-1-10-5-7-19-8-6-10/h2-3,5-9,21H,1,4H2,(H,20,22). The Morgan fingerprint density at radius 1 is 1.18 bits per heavy atom. The van der Waals surface area contributed by atoms with Crippen LogP contribution in [0.5, 0.6) is 5.75 Å². The molecule has 0 unspecified atom stereocenters. The number of hydrogen-bond acceptors (Lipinski definition) is 3. The molecule has 4 nitrogen and oxygen atoms in total. The van der Waals surface area contributed by atoms with E-state index >= 15 is 0 Å². The highest BCUT2D eigenvalue weighted by Crippen LogP contribution is 2.34. The molecule has 1 heterocycles. The molecular formula is C15H13F3N2O2. The molecule has 2 N–H and O–H groups in total. The van der Waals surface area contributed by atoms with Crippen LogP contribution in [0.4, 0.5) is 18.9 Å². The lowest BCUT2D eigenvalue weighted by Gasteiger charge is -2.11. The summed E-state index contributed by atoms with van der Waals surface area (Å²) < 4.78 is 37.8. The Morgan fingerprint density at radius 3 is 2.50 bits per heavy atom. The predicted molar refractivity (Wildman–Crippen MR) is 74.3 cm³/mol. The van der Waals surface area contributed by atoms with Gasteiger partial charge in [-0.1, -0.05) is 0 Å². The number of anilines is 1. The fourth-order valence-electron chi connectivity index (χ4n) is 1.83.